The molecule has 0 bridgehead atoms. The van der Waals surface area contributed by atoms with Gasteiger partial charge in [0.1, 0.15) is 6.10 Å². The standard InChI is InChI=1S/C12H16N2O2/c1-3-4-12-13-7-11(8-14-12)16-10-5-9(6-10)15-2/h3-4,7-10H,5-6H2,1-2H3/b4-3+. The lowest BCUT2D eigenvalue weighted by molar-refractivity contribution is -0.0383. The maximum Gasteiger partial charge on any atom is 0.156 e. The molecule has 1 aromatic rings. The molecule has 4 nitrogen and oxygen atoms in total. The van der Waals surface area contributed by atoms with Gasteiger partial charge in [-0.3, -0.25) is 0 Å². The molecule has 0 saturated heterocycles. The highest BCUT2D eigenvalue weighted by Crippen LogP contribution is 2.27. The number of allylic oxidation sites excluding steroid dienone is 1. The molecule has 1 saturated carbocycles. The summed E-state index contributed by atoms with van der Waals surface area (Å²) >= 11 is 0. The van der Waals surface area contributed by atoms with E-state index in [1.807, 2.05) is 19.1 Å². The number of aromatic nitrogens is 2. The van der Waals surface area contributed by atoms with Crippen molar-refractivity contribution in [2.24, 2.45) is 0 Å². The normalized spacial score (nSPS) is 24.4. The number of hydrogen-bond acceptors (Lipinski definition) is 4. The summed E-state index contributed by atoms with van der Waals surface area (Å²) < 4.78 is 10.9. The molecule has 0 amide bonds. The van der Waals surface area contributed by atoms with E-state index in [1.54, 1.807) is 19.5 Å². The summed E-state index contributed by atoms with van der Waals surface area (Å²) in [5, 5.41) is 0. The van der Waals surface area contributed by atoms with Crippen LogP contribution >= 0.6 is 0 Å². The van der Waals surface area contributed by atoms with Gasteiger partial charge in [0, 0.05) is 20.0 Å². The summed E-state index contributed by atoms with van der Waals surface area (Å²) in [6.07, 6.45) is 9.69. The molecule has 0 spiro atoms. The second-order valence-electron chi connectivity index (χ2n) is 3.85. The quantitative estimate of drug-likeness (QED) is 0.779. The van der Waals surface area contributed by atoms with Crippen molar-refractivity contribution >= 4 is 6.08 Å². The Balaban J connectivity index is 1.86. The molecule has 86 valence electrons. The van der Waals surface area contributed by atoms with E-state index in [4.69, 9.17) is 9.47 Å². The van der Waals surface area contributed by atoms with E-state index in [0.29, 0.717) is 11.9 Å². The Hall–Kier alpha value is -1.42. The van der Waals surface area contributed by atoms with Gasteiger partial charge in [0.05, 0.1) is 18.5 Å². The summed E-state index contributed by atoms with van der Waals surface area (Å²) in [6, 6.07) is 0. The van der Waals surface area contributed by atoms with Crippen molar-refractivity contribution in [2.75, 3.05) is 7.11 Å². The minimum Gasteiger partial charge on any atom is -0.487 e. The third-order valence-electron chi connectivity index (χ3n) is 2.65. The lowest BCUT2D eigenvalue weighted by atomic mass is 9.92. The topological polar surface area (TPSA) is 44.2 Å². The molecule has 1 aliphatic rings. The molecule has 0 N–H and O–H groups in total. The number of hydrogen-bond donors (Lipinski definition) is 0. The second-order valence-corrected chi connectivity index (χ2v) is 3.85. The van der Waals surface area contributed by atoms with Crippen molar-refractivity contribution in [3.8, 4) is 5.75 Å². The van der Waals surface area contributed by atoms with E-state index < -0.39 is 0 Å². The highest BCUT2D eigenvalue weighted by molar-refractivity contribution is 5.39. The monoisotopic (exact) mass is 220 g/mol. The van der Waals surface area contributed by atoms with Gasteiger partial charge in [0.15, 0.2) is 11.6 Å². The minimum absolute atomic E-state index is 0.251. The summed E-state index contributed by atoms with van der Waals surface area (Å²) in [6.45, 7) is 1.94. The van der Waals surface area contributed by atoms with Gasteiger partial charge >= 0.3 is 0 Å². The maximum atomic E-state index is 5.69. The van der Waals surface area contributed by atoms with E-state index in [0.717, 1.165) is 18.6 Å². The van der Waals surface area contributed by atoms with Crippen LogP contribution in [-0.4, -0.2) is 29.3 Å². The van der Waals surface area contributed by atoms with Gasteiger partial charge < -0.3 is 9.47 Å². The Morgan fingerprint density at radius 1 is 1.25 bits per heavy atom. The van der Waals surface area contributed by atoms with Crippen LogP contribution in [0.3, 0.4) is 0 Å². The first kappa shape index (κ1) is 11.1. The van der Waals surface area contributed by atoms with Crippen LogP contribution in [0.1, 0.15) is 25.6 Å². The second kappa shape index (κ2) is 5.07. The van der Waals surface area contributed by atoms with Gasteiger partial charge in [-0.15, -0.1) is 0 Å². The van der Waals surface area contributed by atoms with Crippen LogP contribution < -0.4 is 4.74 Å². The number of ether oxygens (including phenoxy) is 2. The average molecular weight is 220 g/mol. The van der Waals surface area contributed by atoms with Crippen LogP contribution in [-0.2, 0) is 4.74 Å². The van der Waals surface area contributed by atoms with Crippen LogP contribution in [0.25, 0.3) is 6.08 Å². The van der Waals surface area contributed by atoms with Crippen LogP contribution in [0, 0.1) is 0 Å². The fourth-order valence-corrected chi connectivity index (χ4v) is 1.62. The number of methoxy groups -OCH3 is 1. The summed E-state index contributed by atoms with van der Waals surface area (Å²) in [5.74, 6) is 1.44. The molecular formula is C12H16N2O2. The molecule has 16 heavy (non-hydrogen) atoms. The number of rotatable bonds is 4. The largest absolute Gasteiger partial charge is 0.487 e. The zero-order valence-electron chi connectivity index (χ0n) is 9.59. The molecule has 4 heteroatoms. The fraction of sp³-hybridized carbons (Fsp3) is 0.500. The number of nitrogens with zero attached hydrogens (tertiary/aromatic N) is 2. The SMILES string of the molecule is C/C=C/c1ncc(OC2CC(OC)C2)cn1. The van der Waals surface area contributed by atoms with Crippen molar-refractivity contribution in [3.05, 3.63) is 24.3 Å². The summed E-state index contributed by atoms with van der Waals surface area (Å²) in [7, 11) is 1.73. The molecular weight excluding hydrogens is 204 g/mol. The molecule has 0 aliphatic heterocycles. The highest BCUT2D eigenvalue weighted by Gasteiger charge is 2.30. The molecule has 0 unspecified atom stereocenters. The molecule has 1 heterocycles. The first-order valence-corrected chi connectivity index (χ1v) is 5.46. The summed E-state index contributed by atoms with van der Waals surface area (Å²) in [5.41, 5.74) is 0. The van der Waals surface area contributed by atoms with Crippen LogP contribution in [0.15, 0.2) is 18.5 Å². The van der Waals surface area contributed by atoms with Crippen LogP contribution in [0.4, 0.5) is 0 Å². The fourth-order valence-electron chi connectivity index (χ4n) is 1.62. The third kappa shape index (κ3) is 2.58. The van der Waals surface area contributed by atoms with E-state index in [-0.39, 0.29) is 6.10 Å². The zero-order chi connectivity index (χ0) is 11.4. The van der Waals surface area contributed by atoms with Gasteiger partial charge in [-0.25, -0.2) is 9.97 Å². The molecule has 0 atom stereocenters. The molecule has 1 aromatic heterocycles. The van der Waals surface area contributed by atoms with Gasteiger partial charge in [0.25, 0.3) is 0 Å². The molecule has 1 fully saturated rings. The van der Waals surface area contributed by atoms with E-state index >= 15 is 0 Å². The van der Waals surface area contributed by atoms with E-state index in [1.165, 1.54) is 0 Å². The Morgan fingerprint density at radius 2 is 1.94 bits per heavy atom. The average Bonchev–Trinajstić information content (AvgIpc) is 2.25. The van der Waals surface area contributed by atoms with Gasteiger partial charge in [-0.1, -0.05) is 6.08 Å². The van der Waals surface area contributed by atoms with Crippen LogP contribution in [0.5, 0.6) is 5.75 Å². The van der Waals surface area contributed by atoms with E-state index in [9.17, 15) is 0 Å². The third-order valence-corrected chi connectivity index (χ3v) is 2.65. The molecule has 1 aliphatic carbocycles. The Morgan fingerprint density at radius 3 is 2.50 bits per heavy atom. The lowest BCUT2D eigenvalue weighted by Gasteiger charge is -2.33. The molecule has 2 rings (SSSR count). The predicted octanol–water partition coefficient (Wildman–Crippen LogP) is 2.07. The Kier molecular flexibility index (Phi) is 3.51. The van der Waals surface area contributed by atoms with Crippen molar-refractivity contribution in [2.45, 2.75) is 32.0 Å². The first-order chi connectivity index (χ1) is 7.81. The first-order valence-electron chi connectivity index (χ1n) is 5.46. The van der Waals surface area contributed by atoms with E-state index in [2.05, 4.69) is 9.97 Å². The highest BCUT2D eigenvalue weighted by atomic mass is 16.5. The van der Waals surface area contributed by atoms with Crippen molar-refractivity contribution in [1.29, 1.82) is 0 Å². The Bertz CT molecular complexity index is 356. The zero-order valence-corrected chi connectivity index (χ0v) is 9.59. The smallest absolute Gasteiger partial charge is 0.156 e. The minimum atomic E-state index is 0.251. The van der Waals surface area contributed by atoms with Gasteiger partial charge in [-0.05, 0) is 13.0 Å². The van der Waals surface area contributed by atoms with Crippen molar-refractivity contribution < 1.29 is 9.47 Å². The van der Waals surface area contributed by atoms with Crippen molar-refractivity contribution in [1.82, 2.24) is 9.97 Å². The van der Waals surface area contributed by atoms with Crippen molar-refractivity contribution in [3.63, 3.8) is 0 Å². The Labute approximate surface area is 95.3 Å². The van der Waals surface area contributed by atoms with Gasteiger partial charge in [0.2, 0.25) is 0 Å². The van der Waals surface area contributed by atoms with Crippen LogP contribution in [0.2, 0.25) is 0 Å². The molecule has 0 radical (unpaired) electrons. The lowest BCUT2D eigenvalue weighted by Crippen LogP contribution is -2.38. The molecule has 0 aromatic carbocycles. The summed E-state index contributed by atoms with van der Waals surface area (Å²) in [4.78, 5) is 8.33. The van der Waals surface area contributed by atoms with Gasteiger partial charge in [-0.2, -0.15) is 0 Å². The maximum absolute atomic E-state index is 5.69. The predicted molar refractivity (Wildman–Crippen MR) is 61.2 cm³/mol.